The van der Waals surface area contributed by atoms with Crippen LogP contribution in [0.2, 0.25) is 0 Å². The average molecular weight is 407 g/mol. The molecule has 0 spiro atoms. The molecule has 3 heteroatoms. The maximum absolute atomic E-state index is 13.5. The lowest BCUT2D eigenvalue weighted by Gasteiger charge is -2.32. The molecular weight excluding hydrogens is 369 g/mol. The molecule has 0 unspecified atom stereocenters. The third-order valence-corrected chi connectivity index (χ3v) is 7.68. The van der Waals surface area contributed by atoms with E-state index in [2.05, 4.69) is 13.5 Å². The van der Waals surface area contributed by atoms with Crippen LogP contribution in [0, 0.1) is 35.2 Å². The molecule has 3 rings (SSSR count). The normalized spacial score (nSPS) is 27.7. The summed E-state index contributed by atoms with van der Waals surface area (Å²) in [7, 11) is 0. The third kappa shape index (κ3) is 6.36. The first-order valence-corrected chi connectivity index (χ1v) is 11.8. The number of allylic oxidation sites excluding steroid dienone is 1. The Balaban J connectivity index is 1.35. The van der Waals surface area contributed by atoms with Crippen LogP contribution in [0.1, 0.15) is 102 Å². The minimum Gasteiger partial charge on any atom is -0.204 e. The molecule has 1 aromatic carbocycles. The summed E-state index contributed by atoms with van der Waals surface area (Å²) in [5.41, 5.74) is 2.03. The molecule has 0 bridgehead atoms. The Kier molecular flexibility index (Phi) is 8.26. The summed E-state index contributed by atoms with van der Waals surface area (Å²) < 4.78 is 40.2. The summed E-state index contributed by atoms with van der Waals surface area (Å²) in [5.74, 6) is -0.766. The monoisotopic (exact) mass is 406 g/mol. The van der Waals surface area contributed by atoms with Crippen molar-refractivity contribution >= 4 is 0 Å². The maximum Gasteiger partial charge on any atom is 0.194 e. The van der Waals surface area contributed by atoms with E-state index in [9.17, 15) is 13.2 Å². The van der Waals surface area contributed by atoms with Gasteiger partial charge in [-0.25, -0.2) is 13.2 Å². The molecule has 162 valence electrons. The minimum absolute atomic E-state index is 0.171. The molecule has 2 saturated carbocycles. The van der Waals surface area contributed by atoms with E-state index in [1.807, 2.05) is 0 Å². The molecule has 2 aliphatic carbocycles. The molecule has 29 heavy (non-hydrogen) atoms. The first-order valence-electron chi connectivity index (χ1n) is 11.8. The van der Waals surface area contributed by atoms with Crippen molar-refractivity contribution in [1.82, 2.24) is 0 Å². The van der Waals surface area contributed by atoms with Crippen LogP contribution in [-0.2, 0) is 0 Å². The second-order valence-corrected chi connectivity index (χ2v) is 9.62. The second kappa shape index (κ2) is 10.7. The van der Waals surface area contributed by atoms with E-state index in [4.69, 9.17) is 0 Å². The van der Waals surface area contributed by atoms with Gasteiger partial charge in [-0.2, -0.15) is 0 Å². The molecule has 0 amide bonds. The summed E-state index contributed by atoms with van der Waals surface area (Å²) in [6.07, 6.45) is 16.0. The number of rotatable bonds is 8. The lowest BCUT2D eigenvalue weighted by atomic mass is 9.74. The predicted octanol–water partition coefficient (Wildman–Crippen LogP) is 8.71. The van der Waals surface area contributed by atoms with Crippen LogP contribution in [-0.4, -0.2) is 0 Å². The molecule has 0 aliphatic heterocycles. The lowest BCUT2D eigenvalue weighted by molar-refractivity contribution is 0.224. The zero-order valence-electron chi connectivity index (χ0n) is 18.0. The Labute approximate surface area is 175 Å². The first kappa shape index (κ1) is 22.4. The molecule has 0 radical (unpaired) electrons. The Bertz CT molecular complexity index is 642. The van der Waals surface area contributed by atoms with Crippen molar-refractivity contribution in [2.24, 2.45) is 17.8 Å². The largest absolute Gasteiger partial charge is 0.204 e. The number of halogens is 3. The van der Waals surface area contributed by atoms with Crippen LogP contribution >= 0.6 is 0 Å². The van der Waals surface area contributed by atoms with Crippen molar-refractivity contribution < 1.29 is 13.2 Å². The van der Waals surface area contributed by atoms with Gasteiger partial charge < -0.3 is 0 Å². The molecule has 0 N–H and O–H groups in total. The van der Waals surface area contributed by atoms with Crippen molar-refractivity contribution in [1.29, 1.82) is 0 Å². The van der Waals surface area contributed by atoms with Gasteiger partial charge in [0, 0.05) is 0 Å². The van der Waals surface area contributed by atoms with E-state index in [0.29, 0.717) is 5.56 Å². The standard InChI is InChI=1S/C26H37F3/c1-3-18(2)4-5-19-6-8-20(9-7-19)10-11-21-12-14-22(15-13-21)23-16-24(27)26(29)25(28)17-23/h16-17,19-22H,2-15H2,1H3. The van der Waals surface area contributed by atoms with Gasteiger partial charge in [-0.3, -0.25) is 0 Å². The zero-order chi connectivity index (χ0) is 20.8. The quantitative estimate of drug-likeness (QED) is 0.299. The fraction of sp³-hybridized carbons (Fsp3) is 0.692. The fourth-order valence-corrected chi connectivity index (χ4v) is 5.46. The summed E-state index contributed by atoms with van der Waals surface area (Å²) in [6, 6.07) is 2.38. The van der Waals surface area contributed by atoms with Gasteiger partial charge in [0.05, 0.1) is 0 Å². The van der Waals surface area contributed by atoms with E-state index in [1.54, 1.807) is 0 Å². The predicted molar refractivity (Wildman–Crippen MR) is 114 cm³/mol. The Morgan fingerprint density at radius 1 is 0.793 bits per heavy atom. The molecule has 2 fully saturated rings. The molecule has 0 heterocycles. The Morgan fingerprint density at radius 2 is 1.24 bits per heavy atom. The summed E-state index contributed by atoms with van der Waals surface area (Å²) in [6.45, 7) is 6.33. The molecule has 0 nitrogen and oxygen atoms in total. The zero-order valence-corrected chi connectivity index (χ0v) is 18.0. The van der Waals surface area contributed by atoms with Crippen LogP contribution < -0.4 is 0 Å². The average Bonchev–Trinajstić information content (AvgIpc) is 2.75. The molecule has 0 atom stereocenters. The summed E-state index contributed by atoms with van der Waals surface area (Å²) in [5, 5.41) is 0. The van der Waals surface area contributed by atoms with Crippen LogP contribution in [0.15, 0.2) is 24.3 Å². The molecule has 1 aromatic rings. The highest BCUT2D eigenvalue weighted by Crippen LogP contribution is 2.40. The second-order valence-electron chi connectivity index (χ2n) is 9.62. The summed E-state index contributed by atoms with van der Waals surface area (Å²) >= 11 is 0. The molecule has 0 aromatic heterocycles. The smallest absolute Gasteiger partial charge is 0.194 e. The highest BCUT2D eigenvalue weighted by molar-refractivity contribution is 5.23. The van der Waals surface area contributed by atoms with Crippen molar-refractivity contribution in [2.45, 2.75) is 96.3 Å². The molecular formula is C26H37F3. The maximum atomic E-state index is 13.5. The van der Waals surface area contributed by atoms with Gasteiger partial charge in [0.2, 0.25) is 0 Å². The minimum atomic E-state index is -1.35. The van der Waals surface area contributed by atoms with Gasteiger partial charge in [-0.05, 0) is 86.3 Å². The van der Waals surface area contributed by atoms with Crippen LogP contribution in [0.3, 0.4) is 0 Å². The van der Waals surface area contributed by atoms with E-state index in [1.165, 1.54) is 69.1 Å². The summed E-state index contributed by atoms with van der Waals surface area (Å²) in [4.78, 5) is 0. The van der Waals surface area contributed by atoms with E-state index in [0.717, 1.165) is 49.9 Å². The highest BCUT2D eigenvalue weighted by atomic mass is 19.2. The molecule has 0 saturated heterocycles. The lowest BCUT2D eigenvalue weighted by Crippen LogP contribution is -2.18. The van der Waals surface area contributed by atoms with Gasteiger partial charge in [-0.15, -0.1) is 0 Å². The van der Waals surface area contributed by atoms with Crippen molar-refractivity contribution in [3.8, 4) is 0 Å². The van der Waals surface area contributed by atoms with Crippen LogP contribution in [0.25, 0.3) is 0 Å². The van der Waals surface area contributed by atoms with Crippen molar-refractivity contribution in [3.63, 3.8) is 0 Å². The van der Waals surface area contributed by atoms with Crippen LogP contribution in [0.4, 0.5) is 13.2 Å². The van der Waals surface area contributed by atoms with E-state index >= 15 is 0 Å². The van der Waals surface area contributed by atoms with Gasteiger partial charge in [0.1, 0.15) is 0 Å². The van der Waals surface area contributed by atoms with Gasteiger partial charge in [0.25, 0.3) is 0 Å². The third-order valence-electron chi connectivity index (χ3n) is 7.68. The van der Waals surface area contributed by atoms with Gasteiger partial charge in [0.15, 0.2) is 17.5 Å². The van der Waals surface area contributed by atoms with Crippen molar-refractivity contribution in [3.05, 3.63) is 47.3 Å². The fourth-order valence-electron chi connectivity index (χ4n) is 5.46. The van der Waals surface area contributed by atoms with Crippen LogP contribution in [0.5, 0.6) is 0 Å². The topological polar surface area (TPSA) is 0 Å². The van der Waals surface area contributed by atoms with Crippen molar-refractivity contribution in [2.75, 3.05) is 0 Å². The Morgan fingerprint density at radius 3 is 1.72 bits per heavy atom. The highest BCUT2D eigenvalue weighted by Gasteiger charge is 2.26. The first-order chi connectivity index (χ1) is 14.0. The van der Waals surface area contributed by atoms with E-state index in [-0.39, 0.29) is 5.92 Å². The van der Waals surface area contributed by atoms with Gasteiger partial charge >= 0.3 is 0 Å². The van der Waals surface area contributed by atoms with Gasteiger partial charge in [-0.1, -0.05) is 57.6 Å². The molecule has 2 aliphatic rings. The Hall–Kier alpha value is -1.25. The van der Waals surface area contributed by atoms with E-state index < -0.39 is 17.5 Å². The number of hydrogen-bond acceptors (Lipinski definition) is 0. The number of hydrogen-bond donors (Lipinski definition) is 0. The number of benzene rings is 1. The SMILES string of the molecule is C=C(CC)CCC1CCC(CCC2CCC(c3cc(F)c(F)c(F)c3)CC2)CC1.